The first kappa shape index (κ1) is 20.9. The van der Waals surface area contributed by atoms with Crippen molar-refractivity contribution in [3.05, 3.63) is 11.6 Å². The van der Waals surface area contributed by atoms with Crippen molar-refractivity contribution in [3.8, 4) is 0 Å². The SMILES string of the molecule is CC(C)OC1C=C2CC[C@@H]3[C@H](CC[C@@]4(C)[C@H]3CCC4(C)OC(C)C)[C@@]2(C)CC1. The van der Waals surface area contributed by atoms with Crippen LogP contribution in [0.3, 0.4) is 0 Å². The number of fused-ring (bicyclic) bond motifs is 5. The van der Waals surface area contributed by atoms with Crippen molar-refractivity contribution < 1.29 is 9.47 Å². The van der Waals surface area contributed by atoms with Gasteiger partial charge >= 0.3 is 0 Å². The molecule has 0 saturated heterocycles. The second-order valence-electron chi connectivity index (χ2n) is 11.7. The summed E-state index contributed by atoms with van der Waals surface area (Å²) in [4.78, 5) is 0. The summed E-state index contributed by atoms with van der Waals surface area (Å²) < 4.78 is 12.8. The Hall–Kier alpha value is -0.340. The number of ether oxygens (including phenoxy) is 2. The van der Waals surface area contributed by atoms with Gasteiger partial charge in [0, 0.05) is 0 Å². The van der Waals surface area contributed by atoms with E-state index in [2.05, 4.69) is 54.5 Å². The fourth-order valence-corrected chi connectivity index (χ4v) is 8.09. The molecule has 2 unspecified atom stereocenters. The predicted octanol–water partition coefficient (Wildman–Crippen LogP) is 6.93. The predicted molar refractivity (Wildman–Crippen MR) is 116 cm³/mol. The molecule has 0 bridgehead atoms. The van der Waals surface area contributed by atoms with Gasteiger partial charge in [-0.1, -0.05) is 25.5 Å². The summed E-state index contributed by atoms with van der Waals surface area (Å²) in [6.45, 7) is 16.4. The zero-order valence-corrected chi connectivity index (χ0v) is 19.5. The van der Waals surface area contributed by atoms with Gasteiger partial charge in [0.05, 0.1) is 23.9 Å². The van der Waals surface area contributed by atoms with Crippen LogP contribution in [0.2, 0.25) is 0 Å². The van der Waals surface area contributed by atoms with Gasteiger partial charge in [-0.25, -0.2) is 0 Å². The van der Waals surface area contributed by atoms with Crippen molar-refractivity contribution in [2.75, 3.05) is 0 Å². The standard InChI is InChI=1S/C26H44O2/c1-17(2)27-20-10-13-24(5)19(16-20)8-9-21-22(24)11-14-25(6)23(21)12-15-26(25,7)28-18(3)4/h16-18,20-23H,8-15H2,1-7H3/t20?,21-,22+,23+,24+,25+,26?/m1/s1. The molecule has 3 fully saturated rings. The van der Waals surface area contributed by atoms with Gasteiger partial charge in [0.1, 0.15) is 0 Å². The minimum Gasteiger partial charge on any atom is -0.372 e. The lowest BCUT2D eigenvalue weighted by molar-refractivity contribution is -0.167. The van der Waals surface area contributed by atoms with Crippen LogP contribution in [0.1, 0.15) is 99.8 Å². The molecule has 3 saturated carbocycles. The molecule has 0 aromatic carbocycles. The van der Waals surface area contributed by atoms with E-state index in [-0.39, 0.29) is 5.60 Å². The normalized spacial score (nSPS) is 48.2. The Morgan fingerprint density at radius 2 is 1.57 bits per heavy atom. The van der Waals surface area contributed by atoms with Crippen LogP contribution in [0.5, 0.6) is 0 Å². The third kappa shape index (κ3) is 3.13. The van der Waals surface area contributed by atoms with E-state index in [9.17, 15) is 0 Å². The zero-order valence-electron chi connectivity index (χ0n) is 19.5. The van der Waals surface area contributed by atoms with E-state index in [4.69, 9.17) is 9.47 Å². The first-order valence-electron chi connectivity index (χ1n) is 12.1. The summed E-state index contributed by atoms with van der Waals surface area (Å²) in [6.07, 6.45) is 14.1. The maximum Gasteiger partial charge on any atom is 0.0762 e. The quantitative estimate of drug-likeness (QED) is 0.486. The fraction of sp³-hybridized carbons (Fsp3) is 0.923. The molecule has 2 nitrogen and oxygen atoms in total. The lowest BCUT2D eigenvalue weighted by Gasteiger charge is -2.60. The highest BCUT2D eigenvalue weighted by molar-refractivity contribution is 5.26. The summed E-state index contributed by atoms with van der Waals surface area (Å²) in [5, 5.41) is 0. The van der Waals surface area contributed by atoms with Gasteiger partial charge in [0.15, 0.2) is 0 Å². The lowest BCUT2D eigenvalue weighted by atomic mass is 9.46. The van der Waals surface area contributed by atoms with Gasteiger partial charge in [-0.2, -0.15) is 0 Å². The molecule has 4 aliphatic rings. The van der Waals surface area contributed by atoms with Gasteiger partial charge in [-0.15, -0.1) is 0 Å². The Balaban J connectivity index is 1.57. The molecule has 0 N–H and O–H groups in total. The highest BCUT2D eigenvalue weighted by Crippen LogP contribution is 2.68. The second-order valence-corrected chi connectivity index (χ2v) is 11.7. The molecule has 0 aromatic heterocycles. The Kier molecular flexibility index (Phi) is 5.32. The molecular formula is C26H44O2. The fourth-order valence-electron chi connectivity index (χ4n) is 8.09. The van der Waals surface area contributed by atoms with E-state index in [1.54, 1.807) is 5.57 Å². The van der Waals surface area contributed by atoms with Crippen molar-refractivity contribution in [1.82, 2.24) is 0 Å². The van der Waals surface area contributed by atoms with Crippen LogP contribution < -0.4 is 0 Å². The van der Waals surface area contributed by atoms with Crippen molar-refractivity contribution in [3.63, 3.8) is 0 Å². The third-order valence-corrected chi connectivity index (χ3v) is 9.54. The Labute approximate surface area is 173 Å². The third-order valence-electron chi connectivity index (χ3n) is 9.54. The van der Waals surface area contributed by atoms with E-state index < -0.39 is 0 Å². The molecule has 0 heterocycles. The van der Waals surface area contributed by atoms with E-state index in [1.807, 2.05) is 0 Å². The molecule has 0 aromatic rings. The van der Waals surface area contributed by atoms with E-state index >= 15 is 0 Å². The maximum atomic E-state index is 6.61. The molecule has 4 aliphatic carbocycles. The number of hydrogen-bond acceptors (Lipinski definition) is 2. The molecule has 0 aliphatic heterocycles. The Morgan fingerprint density at radius 3 is 2.25 bits per heavy atom. The highest BCUT2D eigenvalue weighted by atomic mass is 16.5. The minimum absolute atomic E-state index is 0.0661. The van der Waals surface area contributed by atoms with Gasteiger partial charge in [0.2, 0.25) is 0 Å². The largest absolute Gasteiger partial charge is 0.372 e. The van der Waals surface area contributed by atoms with Gasteiger partial charge in [-0.05, 0) is 115 Å². The van der Waals surface area contributed by atoms with Crippen molar-refractivity contribution in [1.29, 1.82) is 0 Å². The number of hydrogen-bond donors (Lipinski definition) is 0. The van der Waals surface area contributed by atoms with E-state index in [0.717, 1.165) is 17.8 Å². The average molecular weight is 389 g/mol. The molecule has 2 heteroatoms. The topological polar surface area (TPSA) is 18.5 Å². The van der Waals surface area contributed by atoms with Gasteiger partial charge in [0.25, 0.3) is 0 Å². The van der Waals surface area contributed by atoms with Gasteiger partial charge in [-0.3, -0.25) is 0 Å². The average Bonchev–Trinajstić information content (AvgIpc) is 2.85. The molecule has 160 valence electrons. The molecule has 4 rings (SSSR count). The monoisotopic (exact) mass is 388 g/mol. The molecule has 0 spiro atoms. The summed E-state index contributed by atoms with van der Waals surface area (Å²) in [6, 6.07) is 0. The number of rotatable bonds is 4. The van der Waals surface area contributed by atoms with Crippen LogP contribution in [-0.4, -0.2) is 23.9 Å². The molecule has 0 amide bonds. The van der Waals surface area contributed by atoms with Crippen molar-refractivity contribution in [2.45, 2.75) is 124 Å². The Bertz CT molecular complexity index is 622. The summed E-state index contributed by atoms with van der Waals surface area (Å²) in [5.41, 5.74) is 2.57. The van der Waals surface area contributed by atoms with Crippen molar-refractivity contribution in [2.24, 2.45) is 28.6 Å². The Morgan fingerprint density at radius 1 is 0.857 bits per heavy atom. The van der Waals surface area contributed by atoms with Gasteiger partial charge < -0.3 is 9.47 Å². The molecular weight excluding hydrogens is 344 g/mol. The molecule has 7 atom stereocenters. The van der Waals surface area contributed by atoms with E-state index in [0.29, 0.717) is 29.1 Å². The summed E-state index contributed by atoms with van der Waals surface area (Å²) in [5.74, 6) is 2.60. The van der Waals surface area contributed by atoms with Crippen LogP contribution >= 0.6 is 0 Å². The van der Waals surface area contributed by atoms with Crippen LogP contribution in [0.4, 0.5) is 0 Å². The first-order chi connectivity index (χ1) is 13.1. The number of allylic oxidation sites excluding steroid dienone is 1. The van der Waals surface area contributed by atoms with Crippen LogP contribution in [0.15, 0.2) is 11.6 Å². The van der Waals surface area contributed by atoms with Crippen molar-refractivity contribution >= 4 is 0 Å². The van der Waals surface area contributed by atoms with Crippen LogP contribution in [0, 0.1) is 28.6 Å². The minimum atomic E-state index is 0.0661. The maximum absolute atomic E-state index is 6.61. The highest BCUT2D eigenvalue weighted by Gasteiger charge is 2.63. The van der Waals surface area contributed by atoms with Crippen LogP contribution in [-0.2, 0) is 9.47 Å². The first-order valence-corrected chi connectivity index (χ1v) is 12.1. The summed E-state index contributed by atoms with van der Waals surface area (Å²) in [7, 11) is 0. The lowest BCUT2D eigenvalue weighted by Crippen LogP contribution is -2.55. The molecule has 28 heavy (non-hydrogen) atoms. The van der Waals surface area contributed by atoms with E-state index in [1.165, 1.54) is 51.4 Å². The smallest absolute Gasteiger partial charge is 0.0762 e. The second kappa shape index (κ2) is 7.12. The molecule has 0 radical (unpaired) electrons. The zero-order chi connectivity index (χ0) is 20.3. The van der Waals surface area contributed by atoms with Crippen LogP contribution in [0.25, 0.3) is 0 Å². The summed E-state index contributed by atoms with van der Waals surface area (Å²) >= 11 is 0.